The Morgan fingerprint density at radius 2 is 2.00 bits per heavy atom. The Bertz CT molecular complexity index is 994. The lowest BCUT2D eigenvalue weighted by molar-refractivity contribution is -0.132. The maximum Gasteiger partial charge on any atom is 0.335 e. The second-order valence-electron chi connectivity index (χ2n) is 6.69. The molecule has 9 heteroatoms. The van der Waals surface area contributed by atoms with Gasteiger partial charge in [-0.3, -0.25) is 4.79 Å². The van der Waals surface area contributed by atoms with E-state index in [4.69, 9.17) is 10.8 Å². The molecule has 1 aliphatic rings. The molecule has 0 radical (unpaired) electrons. The molecule has 0 aliphatic carbocycles. The van der Waals surface area contributed by atoms with Crippen LogP contribution in [0.2, 0.25) is 0 Å². The third kappa shape index (κ3) is 3.87. The number of nitrogens with zero attached hydrogens (tertiary/aromatic N) is 3. The first kappa shape index (κ1) is 18.9. The van der Waals surface area contributed by atoms with E-state index < -0.39 is 12.0 Å². The summed E-state index contributed by atoms with van der Waals surface area (Å²) in [5.74, 6) is -0.952. The van der Waals surface area contributed by atoms with Crippen LogP contribution in [0.15, 0.2) is 35.7 Å². The third-order valence-corrected chi connectivity index (χ3v) is 6.78. The molecule has 0 spiro atoms. The number of carboxylic acids is 1. The van der Waals surface area contributed by atoms with Gasteiger partial charge < -0.3 is 20.6 Å². The highest BCUT2D eigenvalue weighted by atomic mass is 32.1. The van der Waals surface area contributed by atoms with E-state index in [0.29, 0.717) is 32.6 Å². The fourth-order valence-electron chi connectivity index (χ4n) is 3.27. The van der Waals surface area contributed by atoms with Gasteiger partial charge in [-0.2, -0.15) is 0 Å². The molecule has 1 aromatic carbocycles. The summed E-state index contributed by atoms with van der Waals surface area (Å²) in [4.78, 5) is 33.5. The molecule has 1 saturated heterocycles. The van der Waals surface area contributed by atoms with Crippen LogP contribution in [0.25, 0.3) is 10.2 Å². The highest BCUT2D eigenvalue weighted by molar-refractivity contribution is 7.22. The molecule has 3 aromatic rings. The number of rotatable bonds is 5. The standard InChI is InChI=1S/C19H20N4O3S2/c20-14(11-13-2-1-9-27-13)17(24)22-5-7-23(8-6-22)19-21-15-4-3-12(18(25)26)10-16(15)28-19/h1-4,9-10,14H,5-8,11,20H2,(H,25,26)/t14-/m0/s1. The molecule has 1 fully saturated rings. The van der Waals surface area contributed by atoms with Crippen molar-refractivity contribution in [2.45, 2.75) is 12.5 Å². The first-order valence-corrected chi connectivity index (χ1v) is 10.7. The molecule has 3 N–H and O–H groups in total. The van der Waals surface area contributed by atoms with E-state index in [0.717, 1.165) is 20.2 Å². The SMILES string of the molecule is N[C@@H](Cc1cccs1)C(=O)N1CCN(c2nc3ccc(C(=O)O)cc3s2)CC1. The Hall–Kier alpha value is -2.49. The average Bonchev–Trinajstić information content (AvgIpc) is 3.36. The Morgan fingerprint density at radius 3 is 2.68 bits per heavy atom. The summed E-state index contributed by atoms with van der Waals surface area (Å²) in [6, 6.07) is 8.41. The molecule has 0 bridgehead atoms. The van der Waals surface area contributed by atoms with E-state index >= 15 is 0 Å². The van der Waals surface area contributed by atoms with Gasteiger partial charge >= 0.3 is 5.97 Å². The maximum atomic E-state index is 12.6. The van der Waals surface area contributed by atoms with Crippen LogP contribution >= 0.6 is 22.7 Å². The van der Waals surface area contributed by atoms with Crippen LogP contribution in [-0.2, 0) is 11.2 Å². The topological polar surface area (TPSA) is 99.8 Å². The van der Waals surface area contributed by atoms with Crippen LogP contribution in [0.3, 0.4) is 0 Å². The fraction of sp³-hybridized carbons (Fsp3) is 0.316. The Balaban J connectivity index is 1.39. The summed E-state index contributed by atoms with van der Waals surface area (Å²) in [5, 5.41) is 12.0. The van der Waals surface area contributed by atoms with Gasteiger partial charge in [0.05, 0.1) is 21.8 Å². The van der Waals surface area contributed by atoms with Gasteiger partial charge in [-0.25, -0.2) is 9.78 Å². The lowest BCUT2D eigenvalue weighted by atomic mass is 10.1. The Morgan fingerprint density at radius 1 is 1.21 bits per heavy atom. The van der Waals surface area contributed by atoms with E-state index in [2.05, 4.69) is 9.88 Å². The Kier molecular flexibility index (Phi) is 5.29. The number of benzene rings is 1. The minimum Gasteiger partial charge on any atom is -0.478 e. The van der Waals surface area contributed by atoms with Crippen LogP contribution in [0.1, 0.15) is 15.2 Å². The quantitative estimate of drug-likeness (QED) is 0.662. The number of thiophene rings is 1. The number of carbonyl (C=O) groups excluding carboxylic acids is 1. The number of fused-ring (bicyclic) bond motifs is 1. The van der Waals surface area contributed by atoms with Crippen molar-refractivity contribution in [3.05, 3.63) is 46.2 Å². The first-order chi connectivity index (χ1) is 13.5. The van der Waals surface area contributed by atoms with Crippen LogP contribution in [0, 0.1) is 0 Å². The third-order valence-electron chi connectivity index (χ3n) is 4.80. The van der Waals surface area contributed by atoms with Gasteiger partial charge in [0.1, 0.15) is 0 Å². The molecule has 7 nitrogen and oxygen atoms in total. The molecule has 28 heavy (non-hydrogen) atoms. The van der Waals surface area contributed by atoms with Crippen LogP contribution < -0.4 is 10.6 Å². The van der Waals surface area contributed by atoms with E-state index in [1.54, 1.807) is 29.5 Å². The number of piperazine rings is 1. The number of carboxylic acid groups (broad SMARTS) is 1. The predicted molar refractivity (Wildman–Crippen MR) is 111 cm³/mol. The molecule has 1 aliphatic heterocycles. The van der Waals surface area contributed by atoms with E-state index in [1.807, 2.05) is 22.4 Å². The highest BCUT2D eigenvalue weighted by Gasteiger charge is 2.26. The number of hydrogen-bond donors (Lipinski definition) is 2. The van der Waals surface area contributed by atoms with Gasteiger partial charge in [0.25, 0.3) is 0 Å². The zero-order valence-corrected chi connectivity index (χ0v) is 16.7. The number of amides is 1. The second kappa shape index (κ2) is 7.86. The first-order valence-electron chi connectivity index (χ1n) is 8.97. The Labute approximate surface area is 170 Å². The number of anilines is 1. The minimum atomic E-state index is -0.942. The number of thiazole rings is 1. The zero-order chi connectivity index (χ0) is 19.7. The van der Waals surface area contributed by atoms with Crippen molar-refractivity contribution in [2.24, 2.45) is 5.73 Å². The molecule has 1 amide bonds. The molecule has 2 aromatic heterocycles. The largest absolute Gasteiger partial charge is 0.478 e. The summed E-state index contributed by atoms with van der Waals surface area (Å²) >= 11 is 3.09. The van der Waals surface area contributed by atoms with Gasteiger partial charge in [-0.15, -0.1) is 11.3 Å². The predicted octanol–water partition coefficient (Wildman–Crippen LogP) is 2.27. The van der Waals surface area contributed by atoms with Gasteiger partial charge in [0.2, 0.25) is 5.91 Å². The molecule has 0 unspecified atom stereocenters. The molecule has 146 valence electrons. The summed E-state index contributed by atoms with van der Waals surface area (Å²) in [7, 11) is 0. The summed E-state index contributed by atoms with van der Waals surface area (Å²) in [5.41, 5.74) is 7.17. The summed E-state index contributed by atoms with van der Waals surface area (Å²) < 4.78 is 0.853. The van der Waals surface area contributed by atoms with Gasteiger partial charge in [-0.1, -0.05) is 17.4 Å². The summed E-state index contributed by atoms with van der Waals surface area (Å²) in [6.07, 6.45) is 0.570. The highest BCUT2D eigenvalue weighted by Crippen LogP contribution is 2.30. The maximum absolute atomic E-state index is 12.6. The van der Waals surface area contributed by atoms with Crippen molar-refractivity contribution in [1.29, 1.82) is 0 Å². The molecule has 0 saturated carbocycles. The van der Waals surface area contributed by atoms with E-state index in [9.17, 15) is 9.59 Å². The minimum absolute atomic E-state index is 0.0107. The van der Waals surface area contributed by atoms with Crippen LogP contribution in [-0.4, -0.2) is 59.1 Å². The lowest BCUT2D eigenvalue weighted by Crippen LogP contribution is -2.53. The molecule has 4 rings (SSSR count). The second-order valence-corrected chi connectivity index (χ2v) is 8.73. The number of nitrogens with two attached hydrogens (primary N) is 1. The monoisotopic (exact) mass is 416 g/mol. The van der Waals surface area contributed by atoms with Crippen LogP contribution in [0.4, 0.5) is 5.13 Å². The van der Waals surface area contributed by atoms with Gasteiger partial charge in [0.15, 0.2) is 5.13 Å². The summed E-state index contributed by atoms with van der Waals surface area (Å²) in [6.45, 7) is 2.58. The number of aromatic nitrogens is 1. The van der Waals surface area contributed by atoms with Gasteiger partial charge in [-0.05, 0) is 29.6 Å². The molecule has 1 atom stereocenters. The van der Waals surface area contributed by atoms with Crippen molar-refractivity contribution >= 4 is 49.9 Å². The van der Waals surface area contributed by atoms with E-state index in [1.165, 1.54) is 11.3 Å². The van der Waals surface area contributed by atoms with Gasteiger partial charge in [0, 0.05) is 37.5 Å². The van der Waals surface area contributed by atoms with E-state index in [-0.39, 0.29) is 11.5 Å². The smallest absolute Gasteiger partial charge is 0.335 e. The number of aromatic carboxylic acids is 1. The van der Waals surface area contributed by atoms with Crippen molar-refractivity contribution in [3.8, 4) is 0 Å². The number of carbonyl (C=O) groups is 2. The molecule has 3 heterocycles. The van der Waals surface area contributed by atoms with Crippen molar-refractivity contribution in [1.82, 2.24) is 9.88 Å². The normalized spacial score (nSPS) is 15.8. The number of hydrogen-bond acceptors (Lipinski definition) is 7. The molecular weight excluding hydrogens is 396 g/mol. The van der Waals surface area contributed by atoms with Crippen molar-refractivity contribution in [3.63, 3.8) is 0 Å². The fourth-order valence-corrected chi connectivity index (χ4v) is 5.09. The van der Waals surface area contributed by atoms with Crippen molar-refractivity contribution < 1.29 is 14.7 Å². The zero-order valence-electron chi connectivity index (χ0n) is 15.1. The lowest BCUT2D eigenvalue weighted by Gasteiger charge is -2.35. The molecular formula is C19H20N4O3S2. The van der Waals surface area contributed by atoms with Crippen LogP contribution in [0.5, 0.6) is 0 Å². The van der Waals surface area contributed by atoms with Crippen molar-refractivity contribution in [2.75, 3.05) is 31.1 Å². The average molecular weight is 417 g/mol.